The fraction of sp³-hybridized carbons (Fsp3) is 0.133. The molecule has 0 saturated heterocycles. The lowest BCUT2D eigenvalue weighted by Gasteiger charge is -2.07. The maximum atomic E-state index is 12.2. The van der Waals surface area contributed by atoms with Crippen LogP contribution >= 0.6 is 0 Å². The minimum absolute atomic E-state index is 0.156. The highest BCUT2D eigenvalue weighted by Gasteiger charge is 2.15. The number of hydrogen-bond donors (Lipinski definition) is 3. The normalized spacial score (nSPS) is 11.7. The van der Waals surface area contributed by atoms with Crippen LogP contribution in [0.3, 0.4) is 0 Å². The van der Waals surface area contributed by atoms with Crippen molar-refractivity contribution in [3.05, 3.63) is 53.1 Å². The summed E-state index contributed by atoms with van der Waals surface area (Å²) in [5.41, 5.74) is 2.04. The molecule has 0 unspecified atom stereocenters. The van der Waals surface area contributed by atoms with E-state index in [-0.39, 0.29) is 16.4 Å². The summed E-state index contributed by atoms with van der Waals surface area (Å²) in [6.07, 6.45) is 1.24. The molecule has 22 heavy (non-hydrogen) atoms. The van der Waals surface area contributed by atoms with Crippen LogP contribution in [0.4, 0.5) is 0 Å². The molecular weight excluding hydrogens is 304 g/mol. The Bertz CT molecular complexity index is 829. The van der Waals surface area contributed by atoms with E-state index < -0.39 is 10.0 Å². The summed E-state index contributed by atoms with van der Waals surface area (Å²) in [6, 6.07) is 9.05. The summed E-state index contributed by atoms with van der Waals surface area (Å²) in [6.45, 7) is 3.59. The lowest BCUT2D eigenvalue weighted by molar-refractivity contribution is 0.403. The Morgan fingerprint density at radius 1 is 1.05 bits per heavy atom. The van der Waals surface area contributed by atoms with Gasteiger partial charge in [-0.2, -0.15) is 13.5 Å². The first-order valence-electron chi connectivity index (χ1n) is 6.44. The van der Waals surface area contributed by atoms with Crippen molar-refractivity contribution in [3.8, 4) is 11.5 Å². The Morgan fingerprint density at radius 2 is 1.77 bits per heavy atom. The molecule has 0 aliphatic rings. The standard InChI is InChI=1S/C15H16N2O4S/c1-10-3-6-15(11(2)7-10)22(20,21)17-16-9-12-4-5-13(18)14(19)8-12/h3-9,17-19H,1-2H3/b16-9+. The number of sulfonamides is 1. The smallest absolute Gasteiger partial charge is 0.276 e. The van der Waals surface area contributed by atoms with Gasteiger partial charge in [0.25, 0.3) is 10.0 Å². The molecule has 0 aliphatic carbocycles. The molecule has 0 saturated carbocycles. The Hall–Kier alpha value is -2.54. The minimum Gasteiger partial charge on any atom is -0.504 e. The molecule has 0 spiro atoms. The number of nitrogens with zero attached hydrogens (tertiary/aromatic N) is 1. The Kier molecular flexibility index (Phi) is 4.37. The van der Waals surface area contributed by atoms with Gasteiger partial charge in [-0.25, -0.2) is 4.83 Å². The molecule has 0 radical (unpaired) electrons. The molecule has 2 aromatic carbocycles. The molecule has 3 N–H and O–H groups in total. The molecule has 2 rings (SSSR count). The zero-order valence-corrected chi connectivity index (χ0v) is 12.9. The van der Waals surface area contributed by atoms with Gasteiger partial charge in [0.1, 0.15) is 0 Å². The van der Waals surface area contributed by atoms with Crippen LogP contribution < -0.4 is 4.83 Å². The Balaban J connectivity index is 2.18. The van der Waals surface area contributed by atoms with Crippen LogP contribution in [0, 0.1) is 13.8 Å². The van der Waals surface area contributed by atoms with Crippen LogP contribution in [0.25, 0.3) is 0 Å². The monoisotopic (exact) mass is 320 g/mol. The molecule has 0 heterocycles. The van der Waals surface area contributed by atoms with Crippen LogP contribution in [0.2, 0.25) is 0 Å². The summed E-state index contributed by atoms with van der Waals surface area (Å²) < 4.78 is 24.3. The van der Waals surface area contributed by atoms with E-state index in [0.29, 0.717) is 11.1 Å². The van der Waals surface area contributed by atoms with Gasteiger partial charge in [-0.15, -0.1) is 0 Å². The van der Waals surface area contributed by atoms with Crippen molar-refractivity contribution in [2.45, 2.75) is 18.7 Å². The average molecular weight is 320 g/mol. The predicted octanol–water partition coefficient (Wildman–Crippen LogP) is 2.03. The van der Waals surface area contributed by atoms with Gasteiger partial charge in [-0.1, -0.05) is 17.7 Å². The van der Waals surface area contributed by atoms with Crippen molar-refractivity contribution in [2.75, 3.05) is 0 Å². The molecule has 0 atom stereocenters. The molecule has 0 aliphatic heterocycles. The van der Waals surface area contributed by atoms with Crippen molar-refractivity contribution in [1.82, 2.24) is 4.83 Å². The fourth-order valence-electron chi connectivity index (χ4n) is 1.94. The molecule has 2 aromatic rings. The molecule has 0 fully saturated rings. The predicted molar refractivity (Wildman–Crippen MR) is 83.6 cm³/mol. The van der Waals surface area contributed by atoms with E-state index >= 15 is 0 Å². The molecule has 116 valence electrons. The van der Waals surface area contributed by atoms with E-state index in [0.717, 1.165) is 5.56 Å². The number of phenols is 2. The fourth-order valence-corrected chi connectivity index (χ4v) is 2.96. The van der Waals surface area contributed by atoms with Crippen molar-refractivity contribution in [1.29, 1.82) is 0 Å². The van der Waals surface area contributed by atoms with E-state index in [2.05, 4.69) is 9.93 Å². The summed E-state index contributed by atoms with van der Waals surface area (Å²) in [5, 5.41) is 22.2. The second-order valence-corrected chi connectivity index (χ2v) is 6.50. The number of benzene rings is 2. The third-order valence-electron chi connectivity index (χ3n) is 3.01. The molecule has 0 aromatic heterocycles. The second-order valence-electron chi connectivity index (χ2n) is 4.87. The first kappa shape index (κ1) is 15.8. The van der Waals surface area contributed by atoms with Crippen molar-refractivity contribution < 1.29 is 18.6 Å². The van der Waals surface area contributed by atoms with Crippen LogP contribution in [0.15, 0.2) is 46.4 Å². The third-order valence-corrected chi connectivity index (χ3v) is 4.39. The molecular formula is C15H16N2O4S. The van der Waals surface area contributed by atoms with Gasteiger partial charge >= 0.3 is 0 Å². The summed E-state index contributed by atoms with van der Waals surface area (Å²) in [5.74, 6) is -0.561. The van der Waals surface area contributed by atoms with Crippen molar-refractivity contribution in [2.24, 2.45) is 5.10 Å². The maximum Gasteiger partial charge on any atom is 0.276 e. The zero-order chi connectivity index (χ0) is 16.3. The first-order chi connectivity index (χ1) is 10.3. The molecule has 6 nitrogen and oxygen atoms in total. The molecule has 7 heteroatoms. The lowest BCUT2D eigenvalue weighted by atomic mass is 10.2. The first-order valence-corrected chi connectivity index (χ1v) is 7.92. The SMILES string of the molecule is Cc1ccc(S(=O)(=O)N/N=C/c2ccc(O)c(O)c2)c(C)c1. The second kappa shape index (κ2) is 6.07. The quantitative estimate of drug-likeness (QED) is 0.456. The Morgan fingerprint density at radius 3 is 2.41 bits per heavy atom. The van der Waals surface area contributed by atoms with Gasteiger partial charge in [0.15, 0.2) is 11.5 Å². The highest BCUT2D eigenvalue weighted by atomic mass is 32.2. The number of rotatable bonds is 4. The van der Waals surface area contributed by atoms with Crippen molar-refractivity contribution in [3.63, 3.8) is 0 Å². The number of hydrazone groups is 1. The molecule has 0 bridgehead atoms. The number of aromatic hydroxyl groups is 2. The Labute approximate surface area is 128 Å². The lowest BCUT2D eigenvalue weighted by Crippen LogP contribution is -2.19. The van der Waals surface area contributed by atoms with Crippen LogP contribution in [0.1, 0.15) is 16.7 Å². The molecule has 0 amide bonds. The van der Waals surface area contributed by atoms with Crippen LogP contribution in [0.5, 0.6) is 11.5 Å². The van der Waals surface area contributed by atoms with Crippen LogP contribution in [-0.2, 0) is 10.0 Å². The van der Waals surface area contributed by atoms with E-state index in [1.807, 2.05) is 6.92 Å². The van der Waals surface area contributed by atoms with Gasteiger partial charge < -0.3 is 10.2 Å². The van der Waals surface area contributed by atoms with Crippen molar-refractivity contribution >= 4 is 16.2 Å². The van der Waals surface area contributed by atoms with E-state index in [1.165, 1.54) is 30.5 Å². The topological polar surface area (TPSA) is 99.0 Å². The van der Waals surface area contributed by atoms with E-state index in [4.69, 9.17) is 0 Å². The minimum atomic E-state index is -3.76. The largest absolute Gasteiger partial charge is 0.504 e. The van der Waals surface area contributed by atoms with E-state index in [9.17, 15) is 18.6 Å². The summed E-state index contributed by atoms with van der Waals surface area (Å²) >= 11 is 0. The summed E-state index contributed by atoms with van der Waals surface area (Å²) in [7, 11) is -3.76. The number of aryl methyl sites for hydroxylation is 2. The number of nitrogens with one attached hydrogen (secondary N) is 1. The van der Waals surface area contributed by atoms with Gasteiger partial charge in [0.05, 0.1) is 11.1 Å². The maximum absolute atomic E-state index is 12.2. The zero-order valence-electron chi connectivity index (χ0n) is 12.1. The highest BCUT2D eigenvalue weighted by molar-refractivity contribution is 7.89. The van der Waals surface area contributed by atoms with Crippen LogP contribution in [-0.4, -0.2) is 24.8 Å². The number of hydrogen-bond acceptors (Lipinski definition) is 5. The van der Waals surface area contributed by atoms with Gasteiger partial charge in [-0.05, 0) is 49.2 Å². The third kappa shape index (κ3) is 3.56. The van der Waals surface area contributed by atoms with Gasteiger partial charge in [0, 0.05) is 0 Å². The average Bonchev–Trinajstić information content (AvgIpc) is 2.42. The van der Waals surface area contributed by atoms with E-state index in [1.54, 1.807) is 19.1 Å². The highest BCUT2D eigenvalue weighted by Crippen LogP contribution is 2.24. The number of phenolic OH excluding ortho intramolecular Hbond substituents is 2. The van der Waals surface area contributed by atoms with Gasteiger partial charge in [-0.3, -0.25) is 0 Å². The van der Waals surface area contributed by atoms with Gasteiger partial charge in [0.2, 0.25) is 0 Å². The summed E-state index contributed by atoms with van der Waals surface area (Å²) in [4.78, 5) is 2.27.